The molecule has 1 atom stereocenters. The van der Waals surface area contributed by atoms with Gasteiger partial charge in [-0.3, -0.25) is 4.79 Å². The van der Waals surface area contributed by atoms with E-state index >= 15 is 0 Å². The average Bonchev–Trinajstić information content (AvgIpc) is 3.03. The number of benzene rings is 1. The van der Waals surface area contributed by atoms with Crippen LogP contribution in [0.25, 0.3) is 0 Å². The van der Waals surface area contributed by atoms with E-state index in [0.29, 0.717) is 18.2 Å². The standard InChI is InChI=1S/C17H20ClN3O2/c18-13-3-5-14(6-4-13)23-9-1-8-19-17(22)12-2-7-15-16(10-12)21-11-20-15/h3-6,11-12H,1-2,7-10H2,(H,19,22)(H,20,21). The number of hydrogen-bond donors (Lipinski definition) is 2. The van der Waals surface area contributed by atoms with E-state index in [1.54, 1.807) is 18.5 Å². The van der Waals surface area contributed by atoms with Gasteiger partial charge in [-0.2, -0.15) is 0 Å². The quantitative estimate of drug-likeness (QED) is 0.799. The van der Waals surface area contributed by atoms with Crippen molar-refractivity contribution in [1.29, 1.82) is 0 Å². The molecule has 3 rings (SSSR count). The second kappa shape index (κ2) is 7.51. The molecule has 1 aliphatic rings. The summed E-state index contributed by atoms with van der Waals surface area (Å²) in [6.45, 7) is 1.19. The molecule has 1 aromatic heterocycles. The number of nitrogens with zero attached hydrogens (tertiary/aromatic N) is 1. The van der Waals surface area contributed by atoms with Crippen molar-refractivity contribution in [3.8, 4) is 5.75 Å². The Morgan fingerprint density at radius 2 is 2.22 bits per heavy atom. The number of carbonyl (C=O) groups excluding carboxylic acids is 1. The number of fused-ring (bicyclic) bond motifs is 1. The van der Waals surface area contributed by atoms with Crippen LogP contribution in [0.2, 0.25) is 5.02 Å². The highest BCUT2D eigenvalue weighted by Crippen LogP contribution is 2.22. The zero-order valence-corrected chi connectivity index (χ0v) is 13.6. The number of ether oxygens (including phenoxy) is 1. The molecular weight excluding hydrogens is 314 g/mol. The molecule has 0 bridgehead atoms. The zero-order valence-electron chi connectivity index (χ0n) is 12.8. The Morgan fingerprint density at radius 3 is 3.04 bits per heavy atom. The molecular formula is C17H20ClN3O2. The molecule has 1 aliphatic carbocycles. The summed E-state index contributed by atoms with van der Waals surface area (Å²) in [6, 6.07) is 7.27. The first-order chi connectivity index (χ1) is 11.2. The van der Waals surface area contributed by atoms with E-state index in [1.165, 1.54) is 0 Å². The summed E-state index contributed by atoms with van der Waals surface area (Å²) in [5.41, 5.74) is 2.20. The number of halogens is 1. The maximum atomic E-state index is 12.2. The lowest BCUT2D eigenvalue weighted by atomic mass is 9.89. The molecule has 2 aromatic rings. The van der Waals surface area contributed by atoms with Gasteiger partial charge in [0, 0.05) is 29.6 Å². The number of aryl methyl sites for hydroxylation is 1. The summed E-state index contributed by atoms with van der Waals surface area (Å²) in [7, 11) is 0. The first kappa shape index (κ1) is 15.9. The summed E-state index contributed by atoms with van der Waals surface area (Å²) in [4.78, 5) is 19.6. The molecule has 23 heavy (non-hydrogen) atoms. The molecule has 6 heteroatoms. The molecule has 0 radical (unpaired) electrons. The fourth-order valence-electron chi connectivity index (χ4n) is 2.77. The van der Waals surface area contributed by atoms with Crippen LogP contribution < -0.4 is 10.1 Å². The van der Waals surface area contributed by atoms with Crippen molar-refractivity contribution in [3.63, 3.8) is 0 Å². The van der Waals surface area contributed by atoms with Gasteiger partial charge in [0.15, 0.2) is 0 Å². The van der Waals surface area contributed by atoms with Gasteiger partial charge in [0.25, 0.3) is 0 Å². The van der Waals surface area contributed by atoms with Crippen LogP contribution in [-0.2, 0) is 17.6 Å². The Labute approximate surface area is 140 Å². The minimum absolute atomic E-state index is 0.0418. The maximum Gasteiger partial charge on any atom is 0.223 e. The summed E-state index contributed by atoms with van der Waals surface area (Å²) >= 11 is 5.82. The van der Waals surface area contributed by atoms with E-state index in [-0.39, 0.29) is 11.8 Å². The van der Waals surface area contributed by atoms with E-state index in [2.05, 4.69) is 15.3 Å². The monoisotopic (exact) mass is 333 g/mol. The second-order valence-corrected chi connectivity index (χ2v) is 6.15. The molecule has 2 N–H and O–H groups in total. The lowest BCUT2D eigenvalue weighted by Crippen LogP contribution is -2.35. The van der Waals surface area contributed by atoms with Gasteiger partial charge in [-0.15, -0.1) is 0 Å². The lowest BCUT2D eigenvalue weighted by Gasteiger charge is -2.20. The SMILES string of the molecule is O=C(NCCCOc1ccc(Cl)cc1)C1CCc2nc[nH]c2C1. The number of carbonyl (C=O) groups is 1. The smallest absolute Gasteiger partial charge is 0.223 e. The van der Waals surface area contributed by atoms with Crippen molar-refractivity contribution in [2.75, 3.05) is 13.2 Å². The Hall–Kier alpha value is -2.01. The van der Waals surface area contributed by atoms with Gasteiger partial charge in [-0.1, -0.05) is 11.6 Å². The van der Waals surface area contributed by atoms with E-state index in [4.69, 9.17) is 16.3 Å². The topological polar surface area (TPSA) is 67.0 Å². The van der Waals surface area contributed by atoms with Crippen molar-refractivity contribution in [2.24, 2.45) is 5.92 Å². The number of aromatic amines is 1. The van der Waals surface area contributed by atoms with E-state index < -0.39 is 0 Å². The Kier molecular flexibility index (Phi) is 5.18. The van der Waals surface area contributed by atoms with Crippen molar-refractivity contribution in [3.05, 3.63) is 47.0 Å². The molecule has 0 fully saturated rings. The molecule has 1 unspecified atom stereocenters. The third-order valence-electron chi connectivity index (χ3n) is 4.06. The lowest BCUT2D eigenvalue weighted by molar-refractivity contribution is -0.125. The summed E-state index contributed by atoms with van der Waals surface area (Å²) in [6.07, 6.45) is 4.97. The van der Waals surface area contributed by atoms with Crippen LogP contribution in [0.5, 0.6) is 5.75 Å². The molecule has 1 aromatic carbocycles. The minimum atomic E-state index is 0.0418. The van der Waals surface area contributed by atoms with Gasteiger partial charge in [0.05, 0.1) is 18.6 Å². The second-order valence-electron chi connectivity index (χ2n) is 5.71. The molecule has 0 aliphatic heterocycles. The molecule has 0 saturated carbocycles. The first-order valence-electron chi connectivity index (χ1n) is 7.89. The van der Waals surface area contributed by atoms with Gasteiger partial charge in [-0.25, -0.2) is 4.98 Å². The summed E-state index contributed by atoms with van der Waals surface area (Å²) in [5, 5.41) is 3.69. The van der Waals surface area contributed by atoms with Gasteiger partial charge in [-0.05, 0) is 43.5 Å². The molecule has 5 nitrogen and oxygen atoms in total. The van der Waals surface area contributed by atoms with Gasteiger partial charge in [0.1, 0.15) is 5.75 Å². The Bertz CT molecular complexity index is 654. The van der Waals surface area contributed by atoms with Crippen molar-refractivity contribution >= 4 is 17.5 Å². The fraction of sp³-hybridized carbons (Fsp3) is 0.412. The van der Waals surface area contributed by atoms with Gasteiger partial charge < -0.3 is 15.0 Å². The van der Waals surface area contributed by atoms with E-state index in [0.717, 1.165) is 42.8 Å². The molecule has 122 valence electrons. The fourth-order valence-corrected chi connectivity index (χ4v) is 2.90. The van der Waals surface area contributed by atoms with Gasteiger partial charge in [0.2, 0.25) is 5.91 Å². The minimum Gasteiger partial charge on any atom is -0.494 e. The number of aromatic nitrogens is 2. The predicted octanol–water partition coefficient (Wildman–Crippen LogP) is 2.75. The normalized spacial score (nSPS) is 16.7. The number of rotatable bonds is 6. The van der Waals surface area contributed by atoms with Crippen LogP contribution in [0.1, 0.15) is 24.2 Å². The molecule has 1 amide bonds. The van der Waals surface area contributed by atoms with Crippen LogP contribution in [0.15, 0.2) is 30.6 Å². The predicted molar refractivity (Wildman–Crippen MR) is 88.7 cm³/mol. The number of H-pyrrole nitrogens is 1. The van der Waals surface area contributed by atoms with Gasteiger partial charge >= 0.3 is 0 Å². The van der Waals surface area contributed by atoms with Crippen LogP contribution in [-0.4, -0.2) is 29.0 Å². The number of imidazole rings is 1. The highest BCUT2D eigenvalue weighted by molar-refractivity contribution is 6.30. The summed E-state index contributed by atoms with van der Waals surface area (Å²) in [5.74, 6) is 0.955. The summed E-state index contributed by atoms with van der Waals surface area (Å²) < 4.78 is 5.60. The number of nitrogens with one attached hydrogen (secondary N) is 2. The van der Waals surface area contributed by atoms with Crippen LogP contribution >= 0.6 is 11.6 Å². The number of hydrogen-bond acceptors (Lipinski definition) is 3. The van der Waals surface area contributed by atoms with Crippen LogP contribution in [0.3, 0.4) is 0 Å². The van der Waals surface area contributed by atoms with E-state index in [1.807, 2.05) is 12.1 Å². The highest BCUT2D eigenvalue weighted by Gasteiger charge is 2.25. The molecule has 0 spiro atoms. The van der Waals surface area contributed by atoms with Crippen molar-refractivity contribution < 1.29 is 9.53 Å². The maximum absolute atomic E-state index is 12.2. The van der Waals surface area contributed by atoms with Crippen molar-refractivity contribution in [2.45, 2.75) is 25.7 Å². The largest absolute Gasteiger partial charge is 0.494 e. The van der Waals surface area contributed by atoms with Crippen LogP contribution in [0.4, 0.5) is 0 Å². The highest BCUT2D eigenvalue weighted by atomic mass is 35.5. The molecule has 0 saturated heterocycles. The first-order valence-corrected chi connectivity index (χ1v) is 8.27. The third kappa shape index (κ3) is 4.26. The Balaban J connectivity index is 1.34. The third-order valence-corrected chi connectivity index (χ3v) is 4.31. The number of amides is 1. The van der Waals surface area contributed by atoms with Crippen LogP contribution in [0, 0.1) is 5.92 Å². The average molecular weight is 334 g/mol. The molecule has 1 heterocycles. The Morgan fingerprint density at radius 1 is 1.39 bits per heavy atom. The van der Waals surface area contributed by atoms with Crippen molar-refractivity contribution in [1.82, 2.24) is 15.3 Å². The zero-order chi connectivity index (χ0) is 16.1. The van der Waals surface area contributed by atoms with E-state index in [9.17, 15) is 4.79 Å².